The molecule has 2 heteroatoms. The van der Waals surface area contributed by atoms with Crippen molar-refractivity contribution >= 4 is 6.72 Å². The van der Waals surface area contributed by atoms with Crippen LogP contribution in [-0.2, 0) is 6.54 Å². The van der Waals surface area contributed by atoms with Crippen molar-refractivity contribution in [3.05, 3.63) is 23.7 Å². The quantitative estimate of drug-likeness (QED) is 0.550. The van der Waals surface area contributed by atoms with Gasteiger partial charge in [0.25, 0.3) is 0 Å². The molecule has 0 saturated heterocycles. The molecule has 48 valence electrons. The Hall–Kier alpha value is -1.05. The Morgan fingerprint density at radius 3 is 2.89 bits per heavy atom. The highest BCUT2D eigenvalue weighted by molar-refractivity contribution is 5.23. The van der Waals surface area contributed by atoms with Gasteiger partial charge in [-0.25, -0.2) is 0 Å². The van der Waals surface area contributed by atoms with E-state index in [1.807, 2.05) is 19.1 Å². The number of nitrogens with zero attached hydrogens (tertiary/aromatic N) is 1. The molecule has 0 aliphatic carbocycles. The second-order valence-corrected chi connectivity index (χ2v) is 1.89. The van der Waals surface area contributed by atoms with Gasteiger partial charge >= 0.3 is 0 Å². The van der Waals surface area contributed by atoms with Crippen LogP contribution in [0, 0.1) is 6.92 Å². The van der Waals surface area contributed by atoms with Crippen molar-refractivity contribution in [2.24, 2.45) is 4.99 Å². The number of hydrogen-bond acceptors (Lipinski definition) is 2. The molecule has 0 unspecified atom stereocenters. The van der Waals surface area contributed by atoms with Gasteiger partial charge in [-0.3, -0.25) is 4.99 Å². The van der Waals surface area contributed by atoms with E-state index in [9.17, 15) is 0 Å². The third kappa shape index (κ3) is 1.42. The molecule has 0 amide bonds. The lowest BCUT2D eigenvalue weighted by Gasteiger charge is -1.84. The maximum atomic E-state index is 5.19. The normalized spacial score (nSPS) is 9.44. The van der Waals surface area contributed by atoms with Gasteiger partial charge in [-0.1, -0.05) is 0 Å². The molecule has 0 aliphatic rings. The summed E-state index contributed by atoms with van der Waals surface area (Å²) in [5.74, 6) is 1.80. The number of rotatable bonds is 2. The second kappa shape index (κ2) is 2.49. The Kier molecular flexibility index (Phi) is 1.68. The predicted molar refractivity (Wildman–Crippen MR) is 36.7 cm³/mol. The third-order valence-corrected chi connectivity index (χ3v) is 1.06. The molecule has 1 aromatic rings. The first kappa shape index (κ1) is 6.08. The molecule has 0 spiro atoms. The molecule has 0 saturated carbocycles. The van der Waals surface area contributed by atoms with Crippen LogP contribution < -0.4 is 0 Å². The van der Waals surface area contributed by atoms with Gasteiger partial charge in [-0.05, 0) is 25.8 Å². The fraction of sp³-hybridized carbons (Fsp3) is 0.286. The molecular formula is C7H9NO. The minimum atomic E-state index is 0.577. The minimum absolute atomic E-state index is 0.577. The van der Waals surface area contributed by atoms with Gasteiger partial charge in [0.2, 0.25) is 0 Å². The molecule has 9 heavy (non-hydrogen) atoms. The Morgan fingerprint density at radius 2 is 2.44 bits per heavy atom. The Balaban J connectivity index is 2.72. The molecule has 0 aromatic carbocycles. The average molecular weight is 123 g/mol. The molecule has 0 radical (unpaired) electrons. The van der Waals surface area contributed by atoms with Crippen LogP contribution in [0.1, 0.15) is 11.5 Å². The van der Waals surface area contributed by atoms with E-state index in [4.69, 9.17) is 4.42 Å². The van der Waals surface area contributed by atoms with Gasteiger partial charge in [0, 0.05) is 0 Å². The van der Waals surface area contributed by atoms with Crippen molar-refractivity contribution in [3.8, 4) is 0 Å². The summed E-state index contributed by atoms with van der Waals surface area (Å²) in [6, 6.07) is 3.82. The Morgan fingerprint density at radius 1 is 1.67 bits per heavy atom. The summed E-state index contributed by atoms with van der Waals surface area (Å²) in [5.41, 5.74) is 0. The maximum Gasteiger partial charge on any atom is 0.125 e. The van der Waals surface area contributed by atoms with Gasteiger partial charge < -0.3 is 4.42 Å². The predicted octanol–water partition coefficient (Wildman–Crippen LogP) is 1.79. The van der Waals surface area contributed by atoms with E-state index < -0.39 is 0 Å². The lowest BCUT2D eigenvalue weighted by molar-refractivity contribution is 0.486. The molecule has 1 heterocycles. The zero-order valence-corrected chi connectivity index (χ0v) is 5.42. The van der Waals surface area contributed by atoms with E-state index >= 15 is 0 Å². The zero-order valence-electron chi connectivity index (χ0n) is 5.42. The van der Waals surface area contributed by atoms with Crippen LogP contribution in [0.3, 0.4) is 0 Å². The summed E-state index contributed by atoms with van der Waals surface area (Å²) in [5, 5.41) is 0. The maximum absolute atomic E-state index is 5.19. The average Bonchev–Trinajstić information content (AvgIpc) is 2.17. The first-order valence-corrected chi connectivity index (χ1v) is 2.80. The number of aryl methyl sites for hydroxylation is 1. The standard InChI is InChI=1S/C7H9NO/c1-6-3-4-7(9-6)5-8-2/h3-4H,2,5H2,1H3. The van der Waals surface area contributed by atoms with Crippen LogP contribution >= 0.6 is 0 Å². The lowest BCUT2D eigenvalue weighted by Crippen LogP contribution is -1.71. The fourth-order valence-corrected chi connectivity index (χ4v) is 0.680. The molecule has 0 bridgehead atoms. The van der Waals surface area contributed by atoms with Crippen molar-refractivity contribution in [2.45, 2.75) is 13.5 Å². The molecule has 0 atom stereocenters. The summed E-state index contributed by atoms with van der Waals surface area (Å²) < 4.78 is 5.19. The number of aliphatic imine (C=N–C) groups is 1. The fourth-order valence-electron chi connectivity index (χ4n) is 0.680. The van der Waals surface area contributed by atoms with Crippen LogP contribution in [0.5, 0.6) is 0 Å². The van der Waals surface area contributed by atoms with Crippen molar-refractivity contribution in [1.29, 1.82) is 0 Å². The topological polar surface area (TPSA) is 25.5 Å². The monoisotopic (exact) mass is 123 g/mol. The van der Waals surface area contributed by atoms with E-state index in [0.29, 0.717) is 6.54 Å². The zero-order chi connectivity index (χ0) is 6.69. The highest BCUT2D eigenvalue weighted by atomic mass is 16.3. The first-order valence-electron chi connectivity index (χ1n) is 2.80. The van der Waals surface area contributed by atoms with Crippen LogP contribution in [0.25, 0.3) is 0 Å². The van der Waals surface area contributed by atoms with E-state index in [1.165, 1.54) is 0 Å². The molecular weight excluding hydrogens is 114 g/mol. The first-order chi connectivity index (χ1) is 4.33. The van der Waals surface area contributed by atoms with Crippen LogP contribution in [0.2, 0.25) is 0 Å². The smallest absolute Gasteiger partial charge is 0.125 e. The van der Waals surface area contributed by atoms with Gasteiger partial charge in [0.15, 0.2) is 0 Å². The molecule has 1 aromatic heterocycles. The van der Waals surface area contributed by atoms with Crippen molar-refractivity contribution in [1.82, 2.24) is 0 Å². The SMILES string of the molecule is C=NCc1ccc(C)o1. The molecule has 0 N–H and O–H groups in total. The van der Waals surface area contributed by atoms with E-state index in [1.54, 1.807) is 0 Å². The Labute approximate surface area is 54.2 Å². The molecule has 0 aliphatic heterocycles. The highest BCUT2D eigenvalue weighted by Gasteiger charge is 1.93. The van der Waals surface area contributed by atoms with Gasteiger partial charge in [0.1, 0.15) is 11.5 Å². The van der Waals surface area contributed by atoms with Crippen molar-refractivity contribution < 1.29 is 4.42 Å². The van der Waals surface area contributed by atoms with Crippen LogP contribution in [-0.4, -0.2) is 6.72 Å². The summed E-state index contributed by atoms with van der Waals surface area (Å²) in [6.07, 6.45) is 0. The van der Waals surface area contributed by atoms with Crippen molar-refractivity contribution in [3.63, 3.8) is 0 Å². The Bertz CT molecular complexity index is 202. The third-order valence-electron chi connectivity index (χ3n) is 1.06. The van der Waals surface area contributed by atoms with E-state index in [0.717, 1.165) is 11.5 Å². The minimum Gasteiger partial charge on any atom is -0.464 e. The van der Waals surface area contributed by atoms with Gasteiger partial charge in [-0.15, -0.1) is 0 Å². The van der Waals surface area contributed by atoms with Gasteiger partial charge in [0.05, 0.1) is 6.54 Å². The number of hydrogen-bond donors (Lipinski definition) is 0. The molecule has 0 fully saturated rings. The van der Waals surface area contributed by atoms with Crippen molar-refractivity contribution in [2.75, 3.05) is 0 Å². The van der Waals surface area contributed by atoms with Crippen LogP contribution in [0.15, 0.2) is 21.5 Å². The van der Waals surface area contributed by atoms with Gasteiger partial charge in [-0.2, -0.15) is 0 Å². The summed E-state index contributed by atoms with van der Waals surface area (Å²) >= 11 is 0. The highest BCUT2D eigenvalue weighted by Crippen LogP contribution is 2.06. The summed E-state index contributed by atoms with van der Waals surface area (Å²) in [6.45, 7) is 5.84. The summed E-state index contributed by atoms with van der Waals surface area (Å²) in [7, 11) is 0. The van der Waals surface area contributed by atoms with E-state index in [2.05, 4.69) is 11.7 Å². The van der Waals surface area contributed by atoms with E-state index in [-0.39, 0.29) is 0 Å². The van der Waals surface area contributed by atoms with Crippen LogP contribution in [0.4, 0.5) is 0 Å². The lowest BCUT2D eigenvalue weighted by atomic mass is 10.4. The molecule has 1 rings (SSSR count). The molecule has 2 nitrogen and oxygen atoms in total. The number of furan rings is 1. The summed E-state index contributed by atoms with van der Waals surface area (Å²) in [4.78, 5) is 3.68. The largest absolute Gasteiger partial charge is 0.464 e. The second-order valence-electron chi connectivity index (χ2n) is 1.89.